The first-order chi connectivity index (χ1) is 7.54. The smallest absolute Gasteiger partial charge is 0.163 e. The fourth-order valence-electron chi connectivity index (χ4n) is 1.92. The molecule has 0 spiro atoms. The van der Waals surface area contributed by atoms with Gasteiger partial charge in [-0.25, -0.2) is 0 Å². The van der Waals surface area contributed by atoms with Gasteiger partial charge in [-0.15, -0.1) is 0 Å². The zero-order valence-corrected chi connectivity index (χ0v) is 11.8. The number of carbonyl (C=O) groups excluding carboxylic acids is 1. The Balaban J connectivity index is 2.76. The molecule has 0 aliphatic carbocycles. The van der Waals surface area contributed by atoms with Crippen LogP contribution in [0.3, 0.4) is 0 Å². The second-order valence-electron chi connectivity index (χ2n) is 4.48. The second kappa shape index (κ2) is 6.19. The van der Waals surface area contributed by atoms with Crippen LogP contribution in [0, 0.1) is 12.8 Å². The van der Waals surface area contributed by atoms with E-state index < -0.39 is 0 Å². The lowest BCUT2D eigenvalue weighted by Gasteiger charge is -2.10. The Labute approximate surface area is 106 Å². The maximum Gasteiger partial charge on any atom is 0.163 e. The van der Waals surface area contributed by atoms with Gasteiger partial charge in [0.2, 0.25) is 0 Å². The summed E-state index contributed by atoms with van der Waals surface area (Å²) in [6.07, 6.45) is 2.93. The average Bonchev–Trinajstić information content (AvgIpc) is 2.21. The number of hydrogen-bond acceptors (Lipinski definition) is 1. The number of rotatable bonds is 5. The molecule has 0 N–H and O–H groups in total. The molecule has 0 saturated carbocycles. The molecule has 2 heteroatoms. The van der Waals surface area contributed by atoms with E-state index in [9.17, 15) is 4.79 Å². The molecule has 0 fully saturated rings. The van der Waals surface area contributed by atoms with Crippen molar-refractivity contribution in [1.29, 1.82) is 0 Å². The van der Waals surface area contributed by atoms with E-state index in [2.05, 4.69) is 29.8 Å². The summed E-state index contributed by atoms with van der Waals surface area (Å²) in [5, 5.41) is 0. The highest BCUT2D eigenvalue weighted by molar-refractivity contribution is 9.10. The molecule has 0 aliphatic heterocycles. The number of carbonyl (C=O) groups is 1. The van der Waals surface area contributed by atoms with Crippen LogP contribution in [0.4, 0.5) is 0 Å². The van der Waals surface area contributed by atoms with Crippen LogP contribution in [-0.4, -0.2) is 5.78 Å². The van der Waals surface area contributed by atoms with Gasteiger partial charge in [-0.05, 0) is 30.5 Å². The van der Waals surface area contributed by atoms with Crippen molar-refractivity contribution in [2.45, 2.75) is 40.0 Å². The van der Waals surface area contributed by atoms with Crippen LogP contribution >= 0.6 is 15.9 Å². The van der Waals surface area contributed by atoms with Crippen molar-refractivity contribution in [3.05, 3.63) is 33.8 Å². The SMILES string of the molecule is CCCC(C)CC(=O)c1cc(Br)ccc1C. The molecule has 0 amide bonds. The van der Waals surface area contributed by atoms with Crippen molar-refractivity contribution < 1.29 is 4.79 Å². The van der Waals surface area contributed by atoms with Gasteiger partial charge in [-0.3, -0.25) is 4.79 Å². The third kappa shape index (κ3) is 3.75. The molecule has 1 unspecified atom stereocenters. The molecule has 1 rings (SSSR count). The summed E-state index contributed by atoms with van der Waals surface area (Å²) in [6.45, 7) is 6.30. The fraction of sp³-hybridized carbons (Fsp3) is 0.500. The van der Waals surface area contributed by atoms with Crippen LogP contribution in [0.15, 0.2) is 22.7 Å². The highest BCUT2D eigenvalue weighted by Gasteiger charge is 2.13. The fourth-order valence-corrected chi connectivity index (χ4v) is 2.28. The normalized spacial score (nSPS) is 12.5. The van der Waals surface area contributed by atoms with Gasteiger partial charge in [-0.1, -0.05) is 48.7 Å². The van der Waals surface area contributed by atoms with Gasteiger partial charge in [-0.2, -0.15) is 0 Å². The van der Waals surface area contributed by atoms with Gasteiger partial charge in [0.1, 0.15) is 0 Å². The van der Waals surface area contributed by atoms with E-state index in [0.717, 1.165) is 28.4 Å². The van der Waals surface area contributed by atoms with Gasteiger partial charge < -0.3 is 0 Å². The second-order valence-corrected chi connectivity index (χ2v) is 5.40. The number of hydrogen-bond donors (Lipinski definition) is 0. The molecular weight excluding hydrogens is 264 g/mol. The molecule has 1 aromatic rings. The third-order valence-electron chi connectivity index (χ3n) is 2.82. The van der Waals surface area contributed by atoms with Crippen LogP contribution in [0.5, 0.6) is 0 Å². The first kappa shape index (κ1) is 13.4. The zero-order chi connectivity index (χ0) is 12.1. The summed E-state index contributed by atoms with van der Waals surface area (Å²) >= 11 is 3.41. The quantitative estimate of drug-likeness (QED) is 0.711. The van der Waals surface area contributed by atoms with E-state index >= 15 is 0 Å². The summed E-state index contributed by atoms with van der Waals surface area (Å²) in [5.41, 5.74) is 1.93. The first-order valence-corrected chi connectivity index (χ1v) is 6.63. The predicted molar refractivity (Wildman–Crippen MR) is 71.9 cm³/mol. The van der Waals surface area contributed by atoms with Gasteiger partial charge in [0, 0.05) is 16.5 Å². The maximum atomic E-state index is 12.1. The van der Waals surface area contributed by atoms with Crippen molar-refractivity contribution in [1.82, 2.24) is 0 Å². The van der Waals surface area contributed by atoms with Crippen molar-refractivity contribution in [3.63, 3.8) is 0 Å². The Morgan fingerprint density at radius 1 is 1.44 bits per heavy atom. The average molecular weight is 283 g/mol. The molecule has 88 valence electrons. The number of ketones is 1. The molecule has 0 aromatic heterocycles. The third-order valence-corrected chi connectivity index (χ3v) is 3.31. The first-order valence-electron chi connectivity index (χ1n) is 5.84. The Bertz CT molecular complexity index is 371. The summed E-state index contributed by atoms with van der Waals surface area (Å²) in [5.74, 6) is 0.746. The summed E-state index contributed by atoms with van der Waals surface area (Å²) in [6, 6.07) is 5.89. The Hall–Kier alpha value is -0.630. The van der Waals surface area contributed by atoms with Gasteiger partial charge in [0.25, 0.3) is 0 Å². The van der Waals surface area contributed by atoms with Crippen LogP contribution in [-0.2, 0) is 0 Å². The van der Waals surface area contributed by atoms with Crippen molar-refractivity contribution in [2.24, 2.45) is 5.92 Å². The molecule has 16 heavy (non-hydrogen) atoms. The lowest BCUT2D eigenvalue weighted by molar-refractivity contribution is 0.0962. The number of halogens is 1. The monoisotopic (exact) mass is 282 g/mol. The minimum atomic E-state index is 0.264. The molecule has 1 nitrogen and oxygen atoms in total. The van der Waals surface area contributed by atoms with E-state index in [0.29, 0.717) is 12.3 Å². The Morgan fingerprint density at radius 2 is 2.12 bits per heavy atom. The highest BCUT2D eigenvalue weighted by Crippen LogP contribution is 2.20. The number of Topliss-reactive ketones (excluding diaryl/α,β-unsaturated/α-hetero) is 1. The van der Waals surface area contributed by atoms with E-state index in [4.69, 9.17) is 0 Å². The van der Waals surface area contributed by atoms with Crippen LogP contribution in [0.1, 0.15) is 49.0 Å². The summed E-state index contributed by atoms with van der Waals surface area (Å²) in [4.78, 5) is 12.1. The lowest BCUT2D eigenvalue weighted by atomic mass is 9.94. The molecule has 1 aromatic carbocycles. The van der Waals surface area contributed by atoms with Crippen LogP contribution in [0.25, 0.3) is 0 Å². The van der Waals surface area contributed by atoms with E-state index in [1.165, 1.54) is 0 Å². The Kier molecular flexibility index (Phi) is 5.20. The molecule has 0 bridgehead atoms. The summed E-state index contributed by atoms with van der Waals surface area (Å²) < 4.78 is 0.976. The maximum absolute atomic E-state index is 12.1. The Morgan fingerprint density at radius 3 is 2.75 bits per heavy atom. The number of aryl methyl sites for hydroxylation is 1. The lowest BCUT2D eigenvalue weighted by Crippen LogP contribution is -2.07. The van der Waals surface area contributed by atoms with Crippen molar-refractivity contribution >= 4 is 21.7 Å². The standard InChI is InChI=1S/C14H19BrO/c1-4-5-10(2)8-14(16)13-9-12(15)7-6-11(13)3/h6-7,9-10H,4-5,8H2,1-3H3. The largest absolute Gasteiger partial charge is 0.294 e. The van der Waals surface area contributed by atoms with Gasteiger partial charge >= 0.3 is 0 Å². The molecule has 0 aliphatic rings. The van der Waals surface area contributed by atoms with Crippen LogP contribution < -0.4 is 0 Å². The molecule has 0 saturated heterocycles. The van der Waals surface area contributed by atoms with Gasteiger partial charge in [0.15, 0.2) is 5.78 Å². The molecule has 0 radical (unpaired) electrons. The topological polar surface area (TPSA) is 17.1 Å². The minimum Gasteiger partial charge on any atom is -0.294 e. The number of benzene rings is 1. The summed E-state index contributed by atoms with van der Waals surface area (Å²) in [7, 11) is 0. The van der Waals surface area contributed by atoms with E-state index in [1.54, 1.807) is 0 Å². The zero-order valence-electron chi connectivity index (χ0n) is 10.2. The molecule has 1 atom stereocenters. The minimum absolute atomic E-state index is 0.264. The van der Waals surface area contributed by atoms with E-state index in [1.807, 2.05) is 25.1 Å². The van der Waals surface area contributed by atoms with Crippen molar-refractivity contribution in [2.75, 3.05) is 0 Å². The molecule has 0 heterocycles. The van der Waals surface area contributed by atoms with Crippen molar-refractivity contribution in [3.8, 4) is 0 Å². The molecular formula is C14H19BrO. The van der Waals surface area contributed by atoms with Crippen LogP contribution in [0.2, 0.25) is 0 Å². The van der Waals surface area contributed by atoms with Gasteiger partial charge in [0.05, 0.1) is 0 Å². The van der Waals surface area contributed by atoms with E-state index in [-0.39, 0.29) is 5.78 Å². The predicted octanol–water partition coefficient (Wildman–Crippen LogP) is 4.77. The highest BCUT2D eigenvalue weighted by atomic mass is 79.9.